The summed E-state index contributed by atoms with van der Waals surface area (Å²) in [5.41, 5.74) is 14.4. The molecular formula is C26H28N6O3. The van der Waals surface area contributed by atoms with Crippen molar-refractivity contribution >= 4 is 39.6 Å². The van der Waals surface area contributed by atoms with E-state index in [4.69, 9.17) is 16.2 Å². The van der Waals surface area contributed by atoms with Crippen LogP contribution in [0.2, 0.25) is 0 Å². The number of hydrogen-bond donors (Lipinski definition) is 4. The number of benzene rings is 2. The topological polar surface area (TPSA) is 148 Å². The lowest BCUT2D eigenvalue weighted by molar-refractivity contribution is -0.147. The summed E-state index contributed by atoms with van der Waals surface area (Å²) in [7, 11) is 0. The summed E-state index contributed by atoms with van der Waals surface area (Å²) < 4.78 is 5.48. The van der Waals surface area contributed by atoms with Gasteiger partial charge >= 0.3 is 5.97 Å². The van der Waals surface area contributed by atoms with Crippen LogP contribution >= 0.6 is 0 Å². The number of aromatic amines is 1. The molecule has 0 aliphatic heterocycles. The first-order valence-electron chi connectivity index (χ1n) is 11.4. The molecule has 0 saturated carbocycles. The van der Waals surface area contributed by atoms with Gasteiger partial charge in [0.15, 0.2) is 5.96 Å². The monoisotopic (exact) mass is 472 g/mol. The number of rotatable bonds is 9. The van der Waals surface area contributed by atoms with Gasteiger partial charge in [-0.05, 0) is 37.5 Å². The smallest absolute Gasteiger partial charge is 0.328 e. The Hall–Kier alpha value is -4.40. The van der Waals surface area contributed by atoms with Gasteiger partial charge in [0.2, 0.25) is 0 Å². The minimum atomic E-state index is -0.874. The number of pyridine rings is 1. The second-order valence-corrected chi connectivity index (χ2v) is 8.25. The van der Waals surface area contributed by atoms with Crippen LogP contribution in [-0.4, -0.2) is 40.4 Å². The third-order valence-electron chi connectivity index (χ3n) is 5.67. The summed E-state index contributed by atoms with van der Waals surface area (Å²) in [5, 5.41) is 4.69. The van der Waals surface area contributed by atoms with Crippen LogP contribution < -0.4 is 16.8 Å². The molecule has 0 saturated heterocycles. The number of nitrogens with two attached hydrogens (primary N) is 2. The van der Waals surface area contributed by atoms with Crippen molar-refractivity contribution in [1.82, 2.24) is 15.3 Å². The maximum atomic E-state index is 13.2. The number of nitrogens with one attached hydrogen (secondary N) is 2. The van der Waals surface area contributed by atoms with Gasteiger partial charge in [-0.25, -0.2) is 9.78 Å². The molecule has 0 aliphatic rings. The maximum absolute atomic E-state index is 13.2. The number of hydrogen-bond acceptors (Lipinski definition) is 5. The van der Waals surface area contributed by atoms with Crippen molar-refractivity contribution in [3.8, 4) is 0 Å². The van der Waals surface area contributed by atoms with Crippen LogP contribution in [0.25, 0.3) is 21.8 Å². The van der Waals surface area contributed by atoms with Gasteiger partial charge < -0.3 is 26.5 Å². The van der Waals surface area contributed by atoms with Crippen molar-refractivity contribution in [2.75, 3.05) is 6.54 Å². The van der Waals surface area contributed by atoms with Crippen LogP contribution in [0.3, 0.4) is 0 Å². The molecule has 2 aromatic carbocycles. The van der Waals surface area contributed by atoms with Gasteiger partial charge in [-0.3, -0.25) is 9.79 Å². The van der Waals surface area contributed by atoms with Gasteiger partial charge in [0, 0.05) is 22.8 Å². The highest BCUT2D eigenvalue weighted by molar-refractivity contribution is 6.10. The SMILES string of the molecule is Cc1nc(C(=O)N[C@@H](CCCN=C(N)N)C(=O)OCc2ccccc2)cc2c1[nH]c1ccccc12. The number of ether oxygens (including phenoxy) is 1. The zero-order chi connectivity index (χ0) is 24.8. The van der Waals surface area contributed by atoms with Crippen molar-refractivity contribution in [2.24, 2.45) is 16.5 Å². The van der Waals surface area contributed by atoms with Crippen LogP contribution in [0.1, 0.15) is 34.6 Å². The predicted octanol–water partition coefficient (Wildman–Crippen LogP) is 2.92. The van der Waals surface area contributed by atoms with Gasteiger partial charge in [-0.2, -0.15) is 0 Å². The number of aromatic nitrogens is 2. The van der Waals surface area contributed by atoms with Gasteiger partial charge in [-0.15, -0.1) is 0 Å². The van der Waals surface area contributed by atoms with E-state index in [0.717, 1.165) is 27.4 Å². The molecule has 6 N–H and O–H groups in total. The van der Waals surface area contributed by atoms with E-state index in [1.807, 2.05) is 61.5 Å². The molecule has 9 nitrogen and oxygen atoms in total. The minimum Gasteiger partial charge on any atom is -0.459 e. The number of amides is 1. The zero-order valence-corrected chi connectivity index (χ0v) is 19.5. The average Bonchev–Trinajstić information content (AvgIpc) is 3.24. The van der Waals surface area contributed by atoms with Crippen LogP contribution in [-0.2, 0) is 16.1 Å². The molecule has 2 heterocycles. The van der Waals surface area contributed by atoms with Crippen molar-refractivity contribution < 1.29 is 14.3 Å². The first-order valence-corrected chi connectivity index (χ1v) is 11.4. The fraction of sp³-hybridized carbons (Fsp3) is 0.231. The molecule has 0 aliphatic carbocycles. The van der Waals surface area contributed by atoms with Crippen molar-refractivity contribution in [2.45, 2.75) is 32.4 Å². The molecule has 0 spiro atoms. The summed E-state index contributed by atoms with van der Waals surface area (Å²) in [6, 6.07) is 18.1. The number of carbonyl (C=O) groups excluding carboxylic acids is 2. The van der Waals surface area contributed by atoms with E-state index in [0.29, 0.717) is 25.1 Å². The Labute approximate surface area is 202 Å². The molecular weight excluding hydrogens is 444 g/mol. The Bertz CT molecular complexity index is 1380. The van der Waals surface area contributed by atoms with Gasteiger partial charge in [0.1, 0.15) is 18.3 Å². The fourth-order valence-electron chi connectivity index (χ4n) is 3.93. The molecule has 2 aromatic heterocycles. The number of carbonyl (C=O) groups is 2. The third kappa shape index (κ3) is 5.75. The zero-order valence-electron chi connectivity index (χ0n) is 19.5. The minimum absolute atomic E-state index is 0.0241. The third-order valence-corrected chi connectivity index (χ3v) is 5.67. The second kappa shape index (κ2) is 10.7. The number of aryl methyl sites for hydroxylation is 1. The number of fused-ring (bicyclic) bond motifs is 3. The molecule has 1 amide bonds. The fourth-order valence-corrected chi connectivity index (χ4v) is 3.93. The molecule has 4 rings (SSSR count). The molecule has 0 fully saturated rings. The van der Waals surface area contributed by atoms with E-state index in [1.165, 1.54) is 0 Å². The number of para-hydroxylation sites is 1. The van der Waals surface area contributed by atoms with Crippen LogP contribution in [0, 0.1) is 6.92 Å². The molecule has 180 valence electrons. The first kappa shape index (κ1) is 23.7. The summed E-state index contributed by atoms with van der Waals surface area (Å²) >= 11 is 0. The van der Waals surface area contributed by atoms with Gasteiger partial charge in [0.05, 0.1) is 11.2 Å². The summed E-state index contributed by atoms with van der Waals surface area (Å²) in [5.74, 6) is -1.01. The number of esters is 1. The number of H-pyrrole nitrogens is 1. The molecule has 0 unspecified atom stereocenters. The molecule has 35 heavy (non-hydrogen) atoms. The molecule has 9 heteroatoms. The molecule has 0 bridgehead atoms. The standard InChI is InChI=1S/C26H28N6O3/c1-16-23-19(18-10-5-6-11-20(18)31-23)14-22(30-16)24(33)32-21(12-7-13-29-26(27)28)25(34)35-15-17-8-3-2-4-9-17/h2-6,8-11,14,21,31H,7,12-13,15H2,1H3,(H,32,33)(H4,27,28,29)/t21-/m0/s1. The second-order valence-electron chi connectivity index (χ2n) is 8.25. The highest BCUT2D eigenvalue weighted by Gasteiger charge is 2.24. The quantitative estimate of drug-likeness (QED) is 0.127. The van der Waals surface area contributed by atoms with E-state index >= 15 is 0 Å². The highest BCUT2D eigenvalue weighted by Crippen LogP contribution is 2.27. The van der Waals surface area contributed by atoms with Crippen molar-refractivity contribution in [1.29, 1.82) is 0 Å². The van der Waals surface area contributed by atoms with Crippen molar-refractivity contribution in [3.63, 3.8) is 0 Å². The van der Waals surface area contributed by atoms with E-state index in [-0.39, 0.29) is 18.3 Å². The summed E-state index contributed by atoms with van der Waals surface area (Å²) in [4.78, 5) is 37.8. The summed E-state index contributed by atoms with van der Waals surface area (Å²) in [6.07, 6.45) is 0.793. The van der Waals surface area contributed by atoms with E-state index in [1.54, 1.807) is 6.07 Å². The molecule has 0 radical (unpaired) electrons. The van der Waals surface area contributed by atoms with Crippen LogP contribution in [0.4, 0.5) is 0 Å². The van der Waals surface area contributed by atoms with Crippen molar-refractivity contribution in [3.05, 3.63) is 77.6 Å². The number of nitrogens with zero attached hydrogens (tertiary/aromatic N) is 2. The lowest BCUT2D eigenvalue weighted by Crippen LogP contribution is -2.42. The van der Waals surface area contributed by atoms with Crippen LogP contribution in [0.5, 0.6) is 0 Å². The van der Waals surface area contributed by atoms with E-state index in [2.05, 4.69) is 20.3 Å². The highest BCUT2D eigenvalue weighted by atomic mass is 16.5. The van der Waals surface area contributed by atoms with E-state index in [9.17, 15) is 9.59 Å². The lowest BCUT2D eigenvalue weighted by atomic mass is 10.1. The van der Waals surface area contributed by atoms with Crippen LogP contribution in [0.15, 0.2) is 65.7 Å². The van der Waals surface area contributed by atoms with Gasteiger partial charge in [0.25, 0.3) is 5.91 Å². The predicted molar refractivity (Wildman–Crippen MR) is 136 cm³/mol. The Morgan fingerprint density at radius 2 is 1.83 bits per heavy atom. The van der Waals surface area contributed by atoms with E-state index < -0.39 is 17.9 Å². The Morgan fingerprint density at radius 3 is 2.60 bits per heavy atom. The van der Waals surface area contributed by atoms with Gasteiger partial charge in [-0.1, -0.05) is 48.5 Å². The largest absolute Gasteiger partial charge is 0.459 e. The molecule has 1 atom stereocenters. The maximum Gasteiger partial charge on any atom is 0.328 e. The first-order chi connectivity index (χ1) is 16.9. The Morgan fingerprint density at radius 1 is 1.09 bits per heavy atom. The average molecular weight is 473 g/mol. The Kier molecular flexibility index (Phi) is 7.25. The lowest BCUT2D eigenvalue weighted by Gasteiger charge is -2.17. The Balaban J connectivity index is 1.53. The number of aliphatic imine (C=N–C) groups is 1. The summed E-state index contributed by atoms with van der Waals surface area (Å²) in [6.45, 7) is 2.28. The molecule has 4 aromatic rings. The number of guanidine groups is 1. The normalized spacial score (nSPS) is 11.8.